The molecular weight excluding hydrogens is 466 g/mol. The first kappa shape index (κ1) is 24.1. The van der Waals surface area contributed by atoms with Gasteiger partial charge in [-0.2, -0.15) is 0 Å². The van der Waals surface area contributed by atoms with Crippen LogP contribution in [0.1, 0.15) is 55.0 Å². The van der Waals surface area contributed by atoms with Crippen molar-refractivity contribution in [2.24, 2.45) is 0 Å². The van der Waals surface area contributed by atoms with E-state index in [1.807, 2.05) is 23.1 Å². The van der Waals surface area contributed by atoms with Crippen LogP contribution in [0, 0.1) is 0 Å². The number of fused-ring (bicyclic) bond motifs is 1. The number of amides is 2. The van der Waals surface area contributed by atoms with Gasteiger partial charge in [0.2, 0.25) is 11.0 Å². The topological polar surface area (TPSA) is 106 Å². The number of hydrogen-bond acceptors (Lipinski definition) is 8. The fraction of sp³-hybridized carbons (Fsp3) is 0.600. The molecule has 2 N–H and O–H groups in total. The number of anilines is 1. The normalized spacial score (nSPS) is 24.3. The van der Waals surface area contributed by atoms with Gasteiger partial charge in [0.15, 0.2) is 5.60 Å². The Bertz CT molecular complexity index is 1040. The highest BCUT2D eigenvalue weighted by molar-refractivity contribution is 7.15. The number of morpholine rings is 1. The van der Waals surface area contributed by atoms with Crippen LogP contribution in [0.15, 0.2) is 24.3 Å². The molecule has 0 bridgehead atoms. The summed E-state index contributed by atoms with van der Waals surface area (Å²) >= 11 is 1.46. The monoisotopic (exact) mass is 499 g/mol. The Morgan fingerprint density at radius 1 is 1.20 bits per heavy atom. The molecule has 1 atom stereocenters. The van der Waals surface area contributed by atoms with Crippen molar-refractivity contribution in [1.29, 1.82) is 0 Å². The van der Waals surface area contributed by atoms with E-state index in [-0.39, 0.29) is 18.4 Å². The Balaban J connectivity index is 1.19. The molecule has 1 saturated carbocycles. The largest absolute Gasteiger partial charge is 0.491 e. The number of hydrogen-bond donors (Lipinski definition) is 2. The summed E-state index contributed by atoms with van der Waals surface area (Å²) in [7, 11) is 0. The van der Waals surface area contributed by atoms with Crippen LogP contribution in [0.3, 0.4) is 0 Å². The maximum atomic E-state index is 13.2. The van der Waals surface area contributed by atoms with Gasteiger partial charge in [0.05, 0.1) is 19.7 Å². The van der Waals surface area contributed by atoms with Crippen molar-refractivity contribution in [2.75, 3.05) is 44.7 Å². The van der Waals surface area contributed by atoms with Crippen LogP contribution in [0.25, 0.3) is 0 Å². The minimum atomic E-state index is -0.961. The van der Waals surface area contributed by atoms with Crippen molar-refractivity contribution in [3.8, 4) is 5.75 Å². The average molecular weight is 500 g/mol. The van der Waals surface area contributed by atoms with E-state index in [0.717, 1.165) is 42.9 Å². The number of carbonyl (C=O) groups is 2. The van der Waals surface area contributed by atoms with E-state index in [4.69, 9.17) is 9.47 Å². The summed E-state index contributed by atoms with van der Waals surface area (Å²) in [4.78, 5) is 28.0. The first-order valence-electron chi connectivity index (χ1n) is 12.6. The van der Waals surface area contributed by atoms with Crippen molar-refractivity contribution in [1.82, 2.24) is 20.4 Å². The zero-order valence-corrected chi connectivity index (χ0v) is 20.8. The number of para-hydroxylation sites is 1. The first-order valence-corrected chi connectivity index (χ1v) is 13.4. The highest BCUT2D eigenvalue weighted by atomic mass is 32.1. The van der Waals surface area contributed by atoms with E-state index in [2.05, 4.69) is 26.9 Å². The zero-order chi connectivity index (χ0) is 24.1. The molecule has 35 heavy (non-hydrogen) atoms. The van der Waals surface area contributed by atoms with Gasteiger partial charge in [-0.1, -0.05) is 36.0 Å². The molecular formula is C25H33N5O4S. The highest BCUT2D eigenvalue weighted by Crippen LogP contribution is 2.38. The summed E-state index contributed by atoms with van der Waals surface area (Å²) in [5, 5.41) is 15.8. The molecule has 1 saturated heterocycles. The lowest BCUT2D eigenvalue weighted by Gasteiger charge is -2.41. The molecule has 5 rings (SSSR count). The van der Waals surface area contributed by atoms with E-state index in [9.17, 15) is 9.59 Å². The smallest absolute Gasteiger partial charge is 0.253 e. The molecule has 10 heteroatoms. The number of benzene rings is 1. The van der Waals surface area contributed by atoms with Crippen LogP contribution in [0.2, 0.25) is 0 Å². The van der Waals surface area contributed by atoms with Crippen molar-refractivity contribution in [2.45, 2.75) is 56.5 Å². The fourth-order valence-corrected chi connectivity index (χ4v) is 5.85. The van der Waals surface area contributed by atoms with Gasteiger partial charge in [-0.05, 0) is 50.2 Å². The van der Waals surface area contributed by atoms with Crippen LogP contribution in [-0.2, 0) is 20.7 Å². The number of aromatic nitrogens is 2. The van der Waals surface area contributed by atoms with Gasteiger partial charge in [-0.3, -0.25) is 19.8 Å². The Kier molecular flexibility index (Phi) is 7.60. The summed E-state index contributed by atoms with van der Waals surface area (Å²) in [6.07, 6.45) is 6.82. The second-order valence-corrected chi connectivity index (χ2v) is 10.6. The molecule has 1 unspecified atom stereocenters. The highest BCUT2D eigenvalue weighted by Gasteiger charge is 2.43. The SMILES string of the molecule is O=C(CN1CCOC2(CCCCc3ccccc3OCCNC2=O)C1)Nc1nnc(C2CCC2)s1. The van der Waals surface area contributed by atoms with Gasteiger partial charge in [0.25, 0.3) is 5.91 Å². The number of nitrogens with zero attached hydrogens (tertiary/aromatic N) is 3. The van der Waals surface area contributed by atoms with Gasteiger partial charge in [0.1, 0.15) is 17.4 Å². The number of rotatable bonds is 4. The van der Waals surface area contributed by atoms with Gasteiger partial charge < -0.3 is 14.8 Å². The number of carbonyl (C=O) groups excluding carboxylic acids is 2. The molecule has 1 aromatic heterocycles. The molecule has 1 spiro atoms. The lowest BCUT2D eigenvalue weighted by Crippen LogP contribution is -2.61. The minimum Gasteiger partial charge on any atom is -0.491 e. The van der Waals surface area contributed by atoms with Crippen molar-refractivity contribution in [3.63, 3.8) is 0 Å². The van der Waals surface area contributed by atoms with Crippen molar-refractivity contribution < 1.29 is 19.1 Å². The summed E-state index contributed by atoms with van der Waals surface area (Å²) in [6, 6.07) is 8.07. The maximum absolute atomic E-state index is 13.2. The third-order valence-corrected chi connectivity index (χ3v) is 8.08. The van der Waals surface area contributed by atoms with Crippen LogP contribution in [0.4, 0.5) is 5.13 Å². The number of nitrogens with one attached hydrogen (secondary N) is 2. The number of ether oxygens (including phenoxy) is 2. The predicted octanol–water partition coefficient (Wildman–Crippen LogP) is 2.74. The van der Waals surface area contributed by atoms with Crippen molar-refractivity contribution >= 4 is 28.3 Å². The molecule has 1 aromatic carbocycles. The van der Waals surface area contributed by atoms with Crippen LogP contribution >= 0.6 is 11.3 Å². The van der Waals surface area contributed by atoms with E-state index < -0.39 is 5.60 Å². The van der Waals surface area contributed by atoms with Crippen LogP contribution < -0.4 is 15.4 Å². The Morgan fingerprint density at radius 2 is 2.09 bits per heavy atom. The van der Waals surface area contributed by atoms with Crippen LogP contribution in [0.5, 0.6) is 5.75 Å². The fourth-order valence-electron chi connectivity index (χ4n) is 4.92. The van der Waals surface area contributed by atoms with E-state index in [0.29, 0.717) is 50.3 Å². The van der Waals surface area contributed by atoms with Crippen LogP contribution in [-0.4, -0.2) is 71.9 Å². The summed E-state index contributed by atoms with van der Waals surface area (Å²) in [5.74, 6) is 1.11. The maximum Gasteiger partial charge on any atom is 0.253 e. The van der Waals surface area contributed by atoms with Crippen molar-refractivity contribution in [3.05, 3.63) is 34.8 Å². The Labute approximate surface area is 209 Å². The van der Waals surface area contributed by atoms with Gasteiger partial charge >= 0.3 is 0 Å². The molecule has 188 valence electrons. The average Bonchev–Trinajstić information content (AvgIpc) is 3.25. The van der Waals surface area contributed by atoms with E-state index in [1.54, 1.807) is 0 Å². The van der Waals surface area contributed by atoms with E-state index in [1.165, 1.54) is 23.3 Å². The first-order chi connectivity index (χ1) is 17.1. The van der Waals surface area contributed by atoms with Gasteiger partial charge in [-0.25, -0.2) is 0 Å². The molecule has 9 nitrogen and oxygen atoms in total. The molecule has 2 fully saturated rings. The Hall–Kier alpha value is -2.56. The molecule has 3 aliphatic rings. The molecule has 2 aromatic rings. The Morgan fingerprint density at radius 3 is 2.94 bits per heavy atom. The standard InChI is InChI=1S/C25H33N5O4S/c31-21(27-24-29-28-22(35-24)19-8-5-9-19)16-30-13-15-34-25(17-30)11-4-3-7-18-6-1-2-10-20(18)33-14-12-26-23(25)32/h1-2,6,10,19H,3-5,7-9,11-17H2,(H,26,32)(H,27,29,31). The second-order valence-electron chi connectivity index (χ2n) is 9.59. The zero-order valence-electron chi connectivity index (χ0n) is 20.0. The summed E-state index contributed by atoms with van der Waals surface area (Å²) < 4.78 is 12.0. The lowest BCUT2D eigenvalue weighted by atomic mass is 9.86. The van der Waals surface area contributed by atoms with Gasteiger partial charge in [0, 0.05) is 19.0 Å². The lowest BCUT2D eigenvalue weighted by molar-refractivity contribution is -0.163. The van der Waals surface area contributed by atoms with Gasteiger partial charge in [-0.15, -0.1) is 10.2 Å². The molecule has 2 aliphatic heterocycles. The third kappa shape index (κ3) is 5.82. The summed E-state index contributed by atoms with van der Waals surface area (Å²) in [5.41, 5.74) is 0.227. The van der Waals surface area contributed by atoms with E-state index >= 15 is 0 Å². The third-order valence-electron chi connectivity index (χ3n) is 7.08. The quantitative estimate of drug-likeness (QED) is 0.666. The molecule has 0 radical (unpaired) electrons. The molecule has 3 heterocycles. The predicted molar refractivity (Wildman–Crippen MR) is 133 cm³/mol. The molecule has 1 aliphatic carbocycles. The number of aryl methyl sites for hydroxylation is 1. The second kappa shape index (κ2) is 11.0. The summed E-state index contributed by atoms with van der Waals surface area (Å²) in [6.45, 7) is 2.38. The minimum absolute atomic E-state index is 0.130. The molecule has 2 amide bonds.